The summed E-state index contributed by atoms with van der Waals surface area (Å²) in [4.78, 5) is 23.6. The zero-order valence-electron chi connectivity index (χ0n) is 12.4. The van der Waals surface area contributed by atoms with Gasteiger partial charge in [-0.2, -0.15) is 0 Å². The summed E-state index contributed by atoms with van der Waals surface area (Å²) >= 11 is 0. The molecule has 0 aromatic heterocycles. The van der Waals surface area contributed by atoms with E-state index in [1.54, 1.807) is 0 Å². The summed E-state index contributed by atoms with van der Waals surface area (Å²) in [5.41, 5.74) is 0.993. The van der Waals surface area contributed by atoms with Crippen LogP contribution in [0.4, 0.5) is 0 Å². The fraction of sp³-hybridized carbons (Fsp3) is 0.500. The number of ether oxygens (including phenoxy) is 1. The van der Waals surface area contributed by atoms with Crippen LogP contribution >= 0.6 is 0 Å². The second kappa shape index (κ2) is 8.35. The highest BCUT2D eigenvalue weighted by atomic mass is 16.5. The van der Waals surface area contributed by atoms with E-state index in [4.69, 9.17) is 4.74 Å². The molecule has 0 bridgehead atoms. The molecular weight excluding hydrogens is 254 g/mol. The average Bonchev–Trinajstić information content (AvgIpc) is 2.44. The molecular formula is C16H23NO3. The fourth-order valence-electron chi connectivity index (χ4n) is 1.87. The third-order valence-electron chi connectivity index (χ3n) is 3.05. The highest BCUT2D eigenvalue weighted by Crippen LogP contribution is 2.07. The Bertz CT molecular complexity index is 429. The zero-order chi connectivity index (χ0) is 15.0. The van der Waals surface area contributed by atoms with Crippen molar-refractivity contribution in [2.24, 2.45) is 5.92 Å². The first-order valence-electron chi connectivity index (χ1n) is 6.94. The van der Waals surface area contributed by atoms with Crippen molar-refractivity contribution in [3.05, 3.63) is 35.9 Å². The van der Waals surface area contributed by atoms with Gasteiger partial charge < -0.3 is 10.1 Å². The maximum absolute atomic E-state index is 11.8. The molecule has 20 heavy (non-hydrogen) atoms. The van der Waals surface area contributed by atoms with Crippen molar-refractivity contribution in [1.82, 2.24) is 5.32 Å². The predicted molar refractivity (Wildman–Crippen MR) is 78.2 cm³/mol. The van der Waals surface area contributed by atoms with Crippen molar-refractivity contribution in [2.45, 2.75) is 39.2 Å². The number of methoxy groups -OCH3 is 1. The first-order valence-corrected chi connectivity index (χ1v) is 6.94. The van der Waals surface area contributed by atoms with Crippen molar-refractivity contribution in [3.8, 4) is 0 Å². The number of esters is 1. The van der Waals surface area contributed by atoms with Crippen LogP contribution in [0.2, 0.25) is 0 Å². The molecule has 0 aliphatic heterocycles. The molecule has 0 heterocycles. The molecule has 0 saturated carbocycles. The molecule has 1 aromatic carbocycles. The van der Waals surface area contributed by atoms with Gasteiger partial charge >= 0.3 is 5.97 Å². The number of carbonyl (C=O) groups excluding carboxylic acids is 2. The molecule has 1 atom stereocenters. The standard InChI is InChI=1S/C16H23NO3/c1-12(2)9-10-15(18)17-14(16(19)20-3)11-13-7-5-4-6-8-13/h4-8,12,14H,9-11H2,1-3H3,(H,17,18)/t14-/m0/s1. The van der Waals surface area contributed by atoms with Gasteiger partial charge in [-0.05, 0) is 17.9 Å². The van der Waals surface area contributed by atoms with E-state index < -0.39 is 12.0 Å². The Morgan fingerprint density at radius 1 is 1.20 bits per heavy atom. The van der Waals surface area contributed by atoms with E-state index in [2.05, 4.69) is 19.2 Å². The van der Waals surface area contributed by atoms with E-state index in [-0.39, 0.29) is 5.91 Å². The first kappa shape index (κ1) is 16.2. The van der Waals surface area contributed by atoms with Crippen LogP contribution in [0.15, 0.2) is 30.3 Å². The van der Waals surface area contributed by atoms with Crippen LogP contribution in [-0.2, 0) is 20.7 Å². The van der Waals surface area contributed by atoms with Gasteiger partial charge in [-0.3, -0.25) is 4.79 Å². The van der Waals surface area contributed by atoms with E-state index in [0.29, 0.717) is 18.8 Å². The van der Waals surface area contributed by atoms with Crippen molar-refractivity contribution >= 4 is 11.9 Å². The van der Waals surface area contributed by atoms with E-state index in [1.165, 1.54) is 7.11 Å². The number of hydrogen-bond acceptors (Lipinski definition) is 3. The lowest BCUT2D eigenvalue weighted by Gasteiger charge is -2.17. The highest BCUT2D eigenvalue weighted by Gasteiger charge is 2.21. The molecule has 4 nitrogen and oxygen atoms in total. The molecule has 0 fully saturated rings. The second-order valence-electron chi connectivity index (χ2n) is 5.27. The average molecular weight is 277 g/mol. The van der Waals surface area contributed by atoms with Gasteiger partial charge in [0, 0.05) is 12.8 Å². The Labute approximate surface area is 120 Å². The summed E-state index contributed by atoms with van der Waals surface area (Å²) in [5, 5.41) is 2.76. The third-order valence-corrected chi connectivity index (χ3v) is 3.05. The van der Waals surface area contributed by atoms with E-state index in [1.807, 2.05) is 30.3 Å². The molecule has 0 saturated heterocycles. The van der Waals surface area contributed by atoms with Crippen LogP contribution in [0.1, 0.15) is 32.3 Å². The number of nitrogens with one attached hydrogen (secondary N) is 1. The monoisotopic (exact) mass is 277 g/mol. The molecule has 1 aromatic rings. The summed E-state index contributed by atoms with van der Waals surface area (Å²) in [5.74, 6) is -0.0526. The van der Waals surface area contributed by atoms with Gasteiger partial charge in [0.15, 0.2) is 0 Å². The Morgan fingerprint density at radius 2 is 1.85 bits per heavy atom. The lowest BCUT2D eigenvalue weighted by atomic mass is 10.0. The minimum absolute atomic E-state index is 0.106. The molecule has 0 unspecified atom stereocenters. The quantitative estimate of drug-likeness (QED) is 0.778. The maximum atomic E-state index is 11.8. The highest BCUT2D eigenvalue weighted by molar-refractivity contribution is 5.84. The van der Waals surface area contributed by atoms with E-state index >= 15 is 0 Å². The normalized spacial score (nSPS) is 12.0. The minimum Gasteiger partial charge on any atom is -0.467 e. The number of rotatable bonds is 7. The van der Waals surface area contributed by atoms with Gasteiger partial charge in [-0.15, -0.1) is 0 Å². The SMILES string of the molecule is COC(=O)[C@H](Cc1ccccc1)NC(=O)CCC(C)C. The third kappa shape index (κ3) is 5.87. The molecule has 0 radical (unpaired) electrons. The lowest BCUT2D eigenvalue weighted by Crippen LogP contribution is -2.43. The number of benzene rings is 1. The molecule has 1 amide bonds. The number of hydrogen-bond donors (Lipinski definition) is 1. The van der Waals surface area contributed by atoms with Gasteiger partial charge in [-0.1, -0.05) is 44.2 Å². The Kier molecular flexibility index (Phi) is 6.77. The Balaban J connectivity index is 2.61. The van der Waals surface area contributed by atoms with Gasteiger partial charge in [0.1, 0.15) is 6.04 Å². The van der Waals surface area contributed by atoms with Crippen molar-refractivity contribution < 1.29 is 14.3 Å². The lowest BCUT2D eigenvalue weighted by molar-refractivity contribution is -0.145. The van der Waals surface area contributed by atoms with Crippen molar-refractivity contribution in [3.63, 3.8) is 0 Å². The predicted octanol–water partition coefficient (Wildman–Crippen LogP) is 2.32. The van der Waals surface area contributed by atoms with Gasteiger partial charge in [0.25, 0.3) is 0 Å². The van der Waals surface area contributed by atoms with Gasteiger partial charge in [-0.25, -0.2) is 4.79 Å². The number of carbonyl (C=O) groups is 2. The summed E-state index contributed by atoms with van der Waals surface area (Å²) in [6.45, 7) is 4.13. The smallest absolute Gasteiger partial charge is 0.328 e. The molecule has 0 spiro atoms. The Hall–Kier alpha value is -1.84. The van der Waals surface area contributed by atoms with E-state index in [0.717, 1.165) is 12.0 Å². The second-order valence-corrected chi connectivity index (χ2v) is 5.27. The topological polar surface area (TPSA) is 55.4 Å². The molecule has 0 aliphatic carbocycles. The maximum Gasteiger partial charge on any atom is 0.328 e. The molecule has 0 aliphatic rings. The summed E-state index contributed by atoms with van der Waals surface area (Å²) in [6, 6.07) is 8.96. The van der Waals surface area contributed by atoms with Crippen LogP contribution in [-0.4, -0.2) is 25.0 Å². The fourth-order valence-corrected chi connectivity index (χ4v) is 1.87. The zero-order valence-corrected chi connectivity index (χ0v) is 12.4. The molecule has 4 heteroatoms. The molecule has 1 N–H and O–H groups in total. The molecule has 110 valence electrons. The first-order chi connectivity index (χ1) is 9.52. The summed E-state index contributed by atoms with van der Waals surface area (Å²) in [6.07, 6.45) is 1.69. The van der Waals surface area contributed by atoms with Crippen LogP contribution in [0.5, 0.6) is 0 Å². The number of amides is 1. The van der Waals surface area contributed by atoms with Gasteiger partial charge in [0.2, 0.25) is 5.91 Å². The van der Waals surface area contributed by atoms with Crippen molar-refractivity contribution in [1.29, 1.82) is 0 Å². The largest absolute Gasteiger partial charge is 0.467 e. The van der Waals surface area contributed by atoms with Crippen LogP contribution < -0.4 is 5.32 Å². The summed E-state index contributed by atoms with van der Waals surface area (Å²) < 4.78 is 4.76. The van der Waals surface area contributed by atoms with Crippen LogP contribution in [0, 0.1) is 5.92 Å². The molecule has 1 rings (SSSR count). The van der Waals surface area contributed by atoms with Gasteiger partial charge in [0.05, 0.1) is 7.11 Å². The van der Waals surface area contributed by atoms with E-state index in [9.17, 15) is 9.59 Å². The Morgan fingerprint density at radius 3 is 2.40 bits per heavy atom. The minimum atomic E-state index is -0.623. The van der Waals surface area contributed by atoms with Crippen molar-refractivity contribution in [2.75, 3.05) is 7.11 Å². The van der Waals surface area contributed by atoms with Crippen LogP contribution in [0.3, 0.4) is 0 Å². The van der Waals surface area contributed by atoms with Crippen LogP contribution in [0.25, 0.3) is 0 Å². The summed E-state index contributed by atoms with van der Waals surface area (Å²) in [7, 11) is 1.33.